The Kier molecular flexibility index (Phi) is 6.00. The maximum Gasteiger partial charge on any atom is 0.243 e. The fourth-order valence-corrected chi connectivity index (χ4v) is 7.21. The van der Waals surface area contributed by atoms with E-state index in [-0.39, 0.29) is 23.3 Å². The van der Waals surface area contributed by atoms with Crippen molar-refractivity contribution in [1.82, 2.24) is 9.21 Å². The smallest absolute Gasteiger partial charge is 0.243 e. The van der Waals surface area contributed by atoms with Crippen LogP contribution >= 0.6 is 0 Å². The van der Waals surface area contributed by atoms with E-state index < -0.39 is 15.4 Å². The summed E-state index contributed by atoms with van der Waals surface area (Å²) in [5, 5.41) is 0. The molecule has 7 nitrogen and oxygen atoms in total. The van der Waals surface area contributed by atoms with Crippen LogP contribution in [0.15, 0.2) is 47.4 Å². The Bertz CT molecular complexity index is 1290. The molecule has 1 saturated heterocycles. The molecule has 3 aliphatic heterocycles. The average Bonchev–Trinajstić information content (AvgIpc) is 3.03. The number of anilines is 1. The lowest BCUT2D eigenvalue weighted by molar-refractivity contribution is -0.132. The molecular formula is C27H33N3O4S. The second kappa shape index (κ2) is 8.75. The van der Waals surface area contributed by atoms with Crippen LogP contribution in [0.4, 0.5) is 5.69 Å². The van der Waals surface area contributed by atoms with Crippen molar-refractivity contribution in [1.29, 1.82) is 0 Å². The Labute approximate surface area is 207 Å². The summed E-state index contributed by atoms with van der Waals surface area (Å²) in [6.45, 7) is 7.82. The molecule has 35 heavy (non-hydrogen) atoms. The molecule has 0 aromatic heterocycles. The summed E-state index contributed by atoms with van der Waals surface area (Å²) in [6, 6.07) is 13.0. The summed E-state index contributed by atoms with van der Waals surface area (Å²) in [7, 11) is -3.64. The van der Waals surface area contributed by atoms with Gasteiger partial charge in [-0.1, -0.05) is 31.2 Å². The van der Waals surface area contributed by atoms with Gasteiger partial charge in [0.1, 0.15) is 6.54 Å². The first-order valence-corrected chi connectivity index (χ1v) is 13.8. The normalized spacial score (nSPS) is 22.1. The maximum absolute atomic E-state index is 13.4. The quantitative estimate of drug-likeness (QED) is 0.652. The van der Waals surface area contributed by atoms with E-state index in [4.69, 9.17) is 0 Å². The number of carbonyl (C=O) groups is 2. The number of carbonyl (C=O) groups excluding carboxylic acids is 2. The molecule has 3 aliphatic rings. The number of amides is 2. The minimum Gasteiger partial charge on any atom is -0.336 e. The lowest BCUT2D eigenvalue weighted by atomic mass is 9.86. The van der Waals surface area contributed by atoms with E-state index in [0.717, 1.165) is 24.8 Å². The molecule has 0 bridgehead atoms. The number of sulfonamides is 1. The Morgan fingerprint density at radius 1 is 1.09 bits per heavy atom. The molecule has 0 saturated carbocycles. The van der Waals surface area contributed by atoms with Crippen LogP contribution < -0.4 is 4.90 Å². The van der Waals surface area contributed by atoms with Crippen LogP contribution in [-0.4, -0.2) is 55.6 Å². The highest BCUT2D eigenvalue weighted by atomic mass is 32.2. The van der Waals surface area contributed by atoms with Crippen molar-refractivity contribution in [2.24, 2.45) is 5.92 Å². The third-order valence-corrected chi connectivity index (χ3v) is 9.61. The van der Waals surface area contributed by atoms with Crippen molar-refractivity contribution in [3.8, 4) is 0 Å². The number of hydrogen-bond acceptors (Lipinski definition) is 4. The lowest BCUT2D eigenvalue weighted by Crippen LogP contribution is -2.45. The molecule has 0 N–H and O–H groups in total. The summed E-state index contributed by atoms with van der Waals surface area (Å²) in [5.74, 6) is 0.0455. The summed E-state index contributed by atoms with van der Waals surface area (Å²) < 4.78 is 28.3. The second-order valence-corrected chi connectivity index (χ2v) is 12.6. The number of nitrogens with zero attached hydrogens (tertiary/aromatic N) is 3. The monoisotopic (exact) mass is 495 g/mol. The second-order valence-electron chi connectivity index (χ2n) is 10.6. The van der Waals surface area contributed by atoms with Gasteiger partial charge in [-0.2, -0.15) is 4.31 Å². The highest BCUT2D eigenvalue weighted by molar-refractivity contribution is 7.89. The Hall–Kier alpha value is -2.71. The van der Waals surface area contributed by atoms with Crippen molar-refractivity contribution >= 4 is 27.5 Å². The molecule has 8 heteroatoms. The van der Waals surface area contributed by atoms with Crippen LogP contribution in [0.25, 0.3) is 0 Å². The van der Waals surface area contributed by atoms with Gasteiger partial charge in [0.25, 0.3) is 0 Å². The number of benzene rings is 2. The first-order chi connectivity index (χ1) is 16.6. The third-order valence-electron chi connectivity index (χ3n) is 7.75. The van der Waals surface area contributed by atoms with Crippen LogP contribution in [0, 0.1) is 5.92 Å². The molecule has 186 valence electrons. The van der Waals surface area contributed by atoms with Crippen LogP contribution in [0.1, 0.15) is 50.3 Å². The van der Waals surface area contributed by atoms with Gasteiger partial charge in [0, 0.05) is 31.9 Å². The predicted octanol–water partition coefficient (Wildman–Crippen LogP) is 3.32. The first-order valence-electron chi connectivity index (χ1n) is 12.4. The van der Waals surface area contributed by atoms with Gasteiger partial charge in [0.15, 0.2) is 0 Å². The van der Waals surface area contributed by atoms with Gasteiger partial charge >= 0.3 is 0 Å². The van der Waals surface area contributed by atoms with E-state index >= 15 is 0 Å². The standard InChI is InChI=1S/C27H33N3O4S/c1-19-7-6-13-29(16-19)35(33,34)22-10-11-24-23(15-22)27(2,3)26(32)30(24)18-25(31)28-14-12-20-8-4-5-9-21(20)17-28/h4-5,8-11,15,19H,6-7,12-14,16-18H2,1-3H3/t19-/m1/s1. The van der Waals surface area contributed by atoms with E-state index in [9.17, 15) is 18.0 Å². The molecule has 2 aromatic carbocycles. The Morgan fingerprint density at radius 2 is 1.83 bits per heavy atom. The molecular weight excluding hydrogens is 462 g/mol. The molecule has 1 atom stereocenters. The number of hydrogen-bond donors (Lipinski definition) is 0. The van der Waals surface area contributed by atoms with Crippen LogP contribution in [0.2, 0.25) is 0 Å². The summed E-state index contributed by atoms with van der Waals surface area (Å²) in [4.78, 5) is 30.2. The fraction of sp³-hybridized carbons (Fsp3) is 0.481. The largest absolute Gasteiger partial charge is 0.336 e. The zero-order chi connectivity index (χ0) is 25.0. The summed E-state index contributed by atoms with van der Waals surface area (Å²) >= 11 is 0. The highest BCUT2D eigenvalue weighted by Crippen LogP contribution is 2.43. The highest BCUT2D eigenvalue weighted by Gasteiger charge is 2.45. The zero-order valence-electron chi connectivity index (χ0n) is 20.7. The fourth-order valence-electron chi connectivity index (χ4n) is 5.59. The van der Waals surface area contributed by atoms with E-state index in [1.807, 2.05) is 18.2 Å². The predicted molar refractivity (Wildman–Crippen MR) is 135 cm³/mol. The van der Waals surface area contributed by atoms with Gasteiger partial charge in [-0.15, -0.1) is 0 Å². The summed E-state index contributed by atoms with van der Waals surface area (Å²) in [6.07, 6.45) is 2.68. The van der Waals surface area contributed by atoms with Crippen molar-refractivity contribution in [3.63, 3.8) is 0 Å². The Morgan fingerprint density at radius 3 is 2.57 bits per heavy atom. The van der Waals surface area contributed by atoms with Crippen molar-refractivity contribution in [3.05, 3.63) is 59.2 Å². The molecule has 1 fully saturated rings. The molecule has 0 unspecified atom stereocenters. The van der Waals surface area contributed by atoms with Gasteiger partial charge < -0.3 is 9.80 Å². The molecule has 0 spiro atoms. The van der Waals surface area contributed by atoms with Crippen molar-refractivity contribution in [2.45, 2.75) is 56.9 Å². The SMILES string of the molecule is C[C@@H]1CCCN(S(=O)(=O)c2ccc3c(c2)C(C)(C)C(=O)N3CC(=O)N2CCc3ccccc3C2)C1. The molecule has 3 heterocycles. The molecule has 0 radical (unpaired) electrons. The average molecular weight is 496 g/mol. The molecule has 5 rings (SSSR count). The van der Waals surface area contributed by atoms with E-state index in [2.05, 4.69) is 13.0 Å². The van der Waals surface area contributed by atoms with Gasteiger partial charge in [-0.3, -0.25) is 9.59 Å². The molecule has 0 aliphatic carbocycles. The van der Waals surface area contributed by atoms with Gasteiger partial charge in [0.05, 0.1) is 10.3 Å². The van der Waals surface area contributed by atoms with Crippen molar-refractivity contribution in [2.75, 3.05) is 31.1 Å². The lowest BCUT2D eigenvalue weighted by Gasteiger charge is -2.31. The van der Waals surface area contributed by atoms with Gasteiger partial charge in [0.2, 0.25) is 21.8 Å². The van der Waals surface area contributed by atoms with Gasteiger partial charge in [-0.05, 0) is 73.9 Å². The minimum absolute atomic E-state index is 0.0484. The van der Waals surface area contributed by atoms with Crippen LogP contribution in [0.3, 0.4) is 0 Å². The van der Waals surface area contributed by atoms with Crippen LogP contribution in [-0.2, 0) is 38.0 Å². The van der Waals surface area contributed by atoms with Crippen LogP contribution in [0.5, 0.6) is 0 Å². The Balaban J connectivity index is 1.40. The number of fused-ring (bicyclic) bond motifs is 2. The topological polar surface area (TPSA) is 78.0 Å². The third kappa shape index (κ3) is 4.16. The zero-order valence-corrected chi connectivity index (χ0v) is 21.5. The molecule has 2 aromatic rings. The van der Waals surface area contributed by atoms with E-state index in [1.54, 1.807) is 41.3 Å². The minimum atomic E-state index is -3.64. The first kappa shape index (κ1) is 24.0. The molecule has 2 amide bonds. The van der Waals surface area contributed by atoms with E-state index in [1.165, 1.54) is 10.5 Å². The maximum atomic E-state index is 13.4. The van der Waals surface area contributed by atoms with Crippen molar-refractivity contribution < 1.29 is 18.0 Å². The number of piperidine rings is 1. The van der Waals surface area contributed by atoms with E-state index in [0.29, 0.717) is 43.3 Å². The summed E-state index contributed by atoms with van der Waals surface area (Å²) in [5.41, 5.74) is 2.77. The van der Waals surface area contributed by atoms with Gasteiger partial charge in [-0.25, -0.2) is 8.42 Å². The number of rotatable bonds is 4.